The molecule has 15 aromatic carbocycles. The zero-order chi connectivity index (χ0) is 70.2. The Hall–Kier alpha value is -12.0. The molecule has 103 heavy (non-hydrogen) atoms. The van der Waals surface area contributed by atoms with Gasteiger partial charge in [0.05, 0.1) is 0 Å². The van der Waals surface area contributed by atoms with E-state index in [-0.39, 0.29) is 0 Å². The van der Waals surface area contributed by atoms with E-state index in [1.165, 1.54) is 116 Å². The van der Waals surface area contributed by atoms with E-state index in [0.29, 0.717) is 0 Å². The normalized spacial score (nSPS) is 13.6. The Kier molecular flexibility index (Phi) is 17.7. The van der Waals surface area contributed by atoms with Crippen molar-refractivity contribution in [2.24, 2.45) is 0 Å². The summed E-state index contributed by atoms with van der Waals surface area (Å²) in [6, 6.07) is 138. The standard InChI is InChI=1S/C102H82Si/c1-69-68-102(7,74(6)70(69)2)103(99-90(78-50-26-11-27-51-78)71(3)87(75-44-20-8-21-45-75)93(81-56-32-14-33-57-81)96(99)84-62-38-17-39-63-84,100-91(79-52-28-12-29-53-79)72(4)88(76-46-22-9-23-47-76)94(82-58-34-15-35-59-82)97(100)85-64-40-18-41-65-85)101-92(80-54-30-13-31-55-80)73(5)89(77-48-24-10-25-49-77)95(83-60-36-16-37-61-83)98(101)86-66-42-19-43-67-86/h8-68H,1-7H3. The van der Waals surface area contributed by atoms with Gasteiger partial charge >= 0.3 is 0 Å². The lowest BCUT2D eigenvalue weighted by Crippen LogP contribution is -2.75. The Morgan fingerprint density at radius 1 is 0.184 bits per heavy atom. The molecule has 1 atom stereocenters. The van der Waals surface area contributed by atoms with Gasteiger partial charge in [0, 0.05) is 5.04 Å². The monoisotopic (exact) mass is 1330 g/mol. The number of benzene rings is 15. The minimum absolute atomic E-state index is 0.855. The lowest BCUT2D eigenvalue weighted by molar-refractivity contribution is 0.871. The number of allylic oxidation sites excluding steroid dienone is 4. The average Bonchev–Trinajstić information content (AvgIpc) is 1.59. The van der Waals surface area contributed by atoms with Crippen LogP contribution in [0.15, 0.2) is 387 Å². The molecular weight excluding hydrogens is 1250 g/mol. The highest BCUT2D eigenvalue weighted by atomic mass is 28.3. The van der Waals surface area contributed by atoms with Gasteiger partial charge in [-0.3, -0.25) is 0 Å². The first-order chi connectivity index (χ1) is 50.6. The third-order valence-electron chi connectivity index (χ3n) is 22.3. The SMILES string of the molecule is CC1=CC(C)([Si](c2c(-c3ccccc3)c(C)c(-c3ccccc3)c(-c3ccccc3)c2-c2ccccc2)(c2c(-c3ccccc3)c(C)c(-c3ccccc3)c(-c3ccccc3)c2-c2ccccc2)c2c(-c3ccccc3)c(C)c(-c3ccccc3)c(-c3ccccc3)c2-c2ccccc2)C(C)=C1C. The second-order valence-electron chi connectivity index (χ2n) is 27.9. The van der Waals surface area contributed by atoms with Crippen LogP contribution in [0, 0.1) is 20.8 Å². The van der Waals surface area contributed by atoms with Crippen molar-refractivity contribution < 1.29 is 0 Å². The van der Waals surface area contributed by atoms with Gasteiger partial charge in [0.1, 0.15) is 0 Å². The smallest absolute Gasteiger partial charge is 0.0730 e. The van der Waals surface area contributed by atoms with Crippen molar-refractivity contribution in [2.45, 2.75) is 53.5 Å². The molecule has 1 heteroatoms. The van der Waals surface area contributed by atoms with E-state index in [1.807, 2.05) is 0 Å². The van der Waals surface area contributed by atoms with Crippen molar-refractivity contribution >= 4 is 23.6 Å². The maximum Gasteiger partial charge on any atom is 0.166 e. The molecule has 0 amide bonds. The molecule has 16 rings (SSSR count). The topological polar surface area (TPSA) is 0 Å². The van der Waals surface area contributed by atoms with E-state index in [2.05, 4.69) is 419 Å². The molecule has 0 saturated heterocycles. The van der Waals surface area contributed by atoms with Gasteiger partial charge in [-0.15, -0.1) is 0 Å². The Labute approximate surface area is 610 Å². The van der Waals surface area contributed by atoms with E-state index >= 15 is 0 Å². The van der Waals surface area contributed by atoms with Crippen LogP contribution in [0.2, 0.25) is 5.04 Å². The molecule has 0 heterocycles. The molecule has 1 unspecified atom stereocenters. The van der Waals surface area contributed by atoms with Gasteiger partial charge in [-0.2, -0.15) is 0 Å². The van der Waals surface area contributed by atoms with Gasteiger partial charge in [0.25, 0.3) is 0 Å². The van der Waals surface area contributed by atoms with E-state index in [0.717, 1.165) is 66.8 Å². The maximum absolute atomic E-state index is 4.72. The molecule has 15 aromatic rings. The Morgan fingerprint density at radius 2 is 0.340 bits per heavy atom. The first-order valence-electron chi connectivity index (χ1n) is 36.3. The van der Waals surface area contributed by atoms with Crippen molar-refractivity contribution in [3.8, 4) is 134 Å². The van der Waals surface area contributed by atoms with Gasteiger partial charge < -0.3 is 0 Å². The van der Waals surface area contributed by atoms with E-state index in [4.69, 9.17) is 0 Å². The van der Waals surface area contributed by atoms with Crippen LogP contribution in [0.5, 0.6) is 0 Å². The summed E-state index contributed by atoms with van der Waals surface area (Å²) in [5, 5.41) is 3.19. The number of hydrogen-bond acceptors (Lipinski definition) is 0. The lowest BCUT2D eigenvalue weighted by atomic mass is 9.80. The summed E-state index contributed by atoms with van der Waals surface area (Å²) in [5.74, 6) is 0. The molecule has 0 spiro atoms. The number of hydrogen-bond donors (Lipinski definition) is 0. The maximum atomic E-state index is 2.80. The van der Waals surface area contributed by atoms with Crippen LogP contribution in [0.4, 0.5) is 0 Å². The summed E-state index contributed by atoms with van der Waals surface area (Å²) in [5.41, 5.74) is 36.1. The predicted molar refractivity (Wildman–Crippen MR) is 444 cm³/mol. The second kappa shape index (κ2) is 27.8. The molecule has 0 N–H and O–H groups in total. The molecule has 0 saturated carbocycles. The van der Waals surface area contributed by atoms with Gasteiger partial charge in [-0.1, -0.05) is 388 Å². The molecular formula is C102H82Si. The highest BCUT2D eigenvalue weighted by Crippen LogP contribution is 2.61. The number of rotatable bonds is 16. The van der Waals surface area contributed by atoms with Crippen LogP contribution in [-0.2, 0) is 0 Å². The average molecular weight is 1340 g/mol. The molecule has 0 fully saturated rings. The van der Waals surface area contributed by atoms with Crippen molar-refractivity contribution in [2.75, 3.05) is 0 Å². The predicted octanol–water partition coefficient (Wildman–Crippen LogP) is 26.1. The van der Waals surface area contributed by atoms with Crippen LogP contribution < -0.4 is 15.6 Å². The summed E-state index contributed by atoms with van der Waals surface area (Å²) >= 11 is 0. The van der Waals surface area contributed by atoms with Gasteiger partial charge in [-0.25, -0.2) is 0 Å². The van der Waals surface area contributed by atoms with Crippen LogP contribution in [0.3, 0.4) is 0 Å². The zero-order valence-corrected chi connectivity index (χ0v) is 60.7. The van der Waals surface area contributed by atoms with Crippen LogP contribution in [0.1, 0.15) is 44.4 Å². The van der Waals surface area contributed by atoms with Crippen molar-refractivity contribution in [1.29, 1.82) is 0 Å². The fraction of sp³-hybridized carbons (Fsp3) is 0.0784. The Morgan fingerprint density at radius 3 is 0.505 bits per heavy atom. The molecule has 0 bridgehead atoms. The quantitative estimate of drug-likeness (QED) is 0.0668. The van der Waals surface area contributed by atoms with E-state index in [9.17, 15) is 0 Å². The summed E-state index contributed by atoms with van der Waals surface area (Å²) in [6.07, 6.45) is 2.80. The van der Waals surface area contributed by atoms with Gasteiger partial charge in [-0.05, 0) is 213 Å². The highest BCUT2D eigenvalue weighted by Gasteiger charge is 2.63. The largest absolute Gasteiger partial charge is 0.166 e. The van der Waals surface area contributed by atoms with Crippen molar-refractivity contribution in [3.05, 3.63) is 403 Å². The molecule has 1 aliphatic carbocycles. The minimum Gasteiger partial charge on any atom is -0.0730 e. The third kappa shape index (κ3) is 11.2. The summed E-state index contributed by atoms with van der Waals surface area (Å²) < 4.78 is 0. The fourth-order valence-electron chi connectivity index (χ4n) is 17.8. The van der Waals surface area contributed by atoms with E-state index in [1.54, 1.807) is 0 Å². The molecule has 0 aliphatic heterocycles. The third-order valence-corrected chi connectivity index (χ3v) is 28.2. The Bertz CT molecular complexity index is 5110. The first-order valence-corrected chi connectivity index (χ1v) is 38.3. The zero-order valence-electron chi connectivity index (χ0n) is 59.7. The van der Waals surface area contributed by atoms with Crippen molar-refractivity contribution in [1.82, 2.24) is 0 Å². The molecule has 0 radical (unpaired) electrons. The first kappa shape index (κ1) is 65.6. The van der Waals surface area contributed by atoms with Gasteiger partial charge in [0.2, 0.25) is 0 Å². The molecule has 494 valence electrons. The minimum atomic E-state index is -4.72. The van der Waals surface area contributed by atoms with E-state index < -0.39 is 13.1 Å². The lowest BCUT2D eigenvalue weighted by Gasteiger charge is -2.53. The summed E-state index contributed by atoms with van der Waals surface area (Å²) in [6.45, 7) is 17.5. The van der Waals surface area contributed by atoms with Crippen molar-refractivity contribution in [3.63, 3.8) is 0 Å². The highest BCUT2D eigenvalue weighted by molar-refractivity contribution is 7.18. The molecule has 1 aliphatic rings. The van der Waals surface area contributed by atoms with Gasteiger partial charge in [0.15, 0.2) is 8.07 Å². The Balaban J connectivity index is 1.39. The molecule has 0 aromatic heterocycles. The fourth-order valence-corrected chi connectivity index (χ4v) is 25.3. The summed E-state index contributed by atoms with van der Waals surface area (Å²) in [4.78, 5) is 0. The molecule has 0 nitrogen and oxygen atoms in total. The summed E-state index contributed by atoms with van der Waals surface area (Å²) in [7, 11) is -4.72. The second-order valence-corrected chi connectivity index (χ2v) is 32.0. The van der Waals surface area contributed by atoms with Crippen LogP contribution in [0.25, 0.3) is 134 Å². The van der Waals surface area contributed by atoms with Crippen LogP contribution >= 0.6 is 0 Å². The van der Waals surface area contributed by atoms with Crippen LogP contribution in [-0.4, -0.2) is 8.07 Å².